The molecule has 2 rings (SSSR count). The number of nitro benzene ring substituents is 1. The van der Waals surface area contributed by atoms with Crippen molar-refractivity contribution < 1.29 is 17.7 Å². The van der Waals surface area contributed by atoms with Gasteiger partial charge in [0, 0.05) is 19.2 Å². The fourth-order valence-corrected chi connectivity index (χ4v) is 3.87. The molecule has 2 N–H and O–H groups in total. The molecule has 0 aromatic heterocycles. The number of rotatable bonds is 9. The number of halogens is 1. The van der Waals surface area contributed by atoms with Gasteiger partial charge in [0.1, 0.15) is 17.3 Å². The second-order valence-corrected chi connectivity index (χ2v) is 7.81. The number of likely N-dealkylation sites (N-methyl/N-ethyl adjacent to an activating group) is 1. The van der Waals surface area contributed by atoms with Crippen molar-refractivity contribution in [1.29, 1.82) is 0 Å². The summed E-state index contributed by atoms with van der Waals surface area (Å²) < 4.78 is 40.5. The van der Waals surface area contributed by atoms with Gasteiger partial charge in [-0.2, -0.15) is 0 Å². The minimum atomic E-state index is -4.08. The second-order valence-electron chi connectivity index (χ2n) is 6.16. The first-order valence-corrected chi connectivity index (χ1v) is 8.95. The number of sulfonamides is 1. The number of alkyl halides is 1. The van der Waals surface area contributed by atoms with Crippen LogP contribution in [0.2, 0.25) is 0 Å². The largest absolute Gasteiger partial charge is 0.377 e. The lowest BCUT2D eigenvalue weighted by molar-refractivity contribution is -0.384. The molecule has 0 bridgehead atoms. The van der Waals surface area contributed by atoms with Crippen LogP contribution >= 0.6 is 0 Å². The second kappa shape index (κ2) is 6.99. The highest BCUT2D eigenvalue weighted by Gasteiger charge is 2.47. The van der Waals surface area contributed by atoms with E-state index in [0.717, 1.165) is 0 Å². The molecule has 1 saturated carbocycles. The van der Waals surface area contributed by atoms with Crippen LogP contribution in [-0.4, -0.2) is 57.6 Å². The van der Waals surface area contributed by atoms with Crippen LogP contribution in [0.15, 0.2) is 23.1 Å². The third kappa shape index (κ3) is 4.19. The number of hydrogen-bond donors (Lipinski definition) is 2. The third-order valence-electron chi connectivity index (χ3n) is 3.81. The van der Waals surface area contributed by atoms with Crippen molar-refractivity contribution in [3.8, 4) is 0 Å². The molecule has 0 aliphatic heterocycles. The van der Waals surface area contributed by atoms with Crippen LogP contribution < -0.4 is 10.0 Å². The Balaban J connectivity index is 2.37. The number of benzene rings is 1. The van der Waals surface area contributed by atoms with Crippen LogP contribution in [0.5, 0.6) is 0 Å². The molecule has 1 aliphatic rings. The Morgan fingerprint density at radius 2 is 2.04 bits per heavy atom. The summed E-state index contributed by atoms with van der Waals surface area (Å²) in [6.07, 6.45) is 0.835. The summed E-state index contributed by atoms with van der Waals surface area (Å²) in [5.74, 6) is 0. The zero-order valence-corrected chi connectivity index (χ0v) is 14.4. The number of hydrogen-bond acceptors (Lipinski definition) is 6. The molecule has 1 aromatic rings. The Hall–Kier alpha value is -1.78. The summed E-state index contributed by atoms with van der Waals surface area (Å²) in [6, 6.07) is 3.82. The van der Waals surface area contributed by atoms with Gasteiger partial charge in [0.2, 0.25) is 10.0 Å². The molecule has 0 unspecified atom stereocenters. The van der Waals surface area contributed by atoms with Crippen LogP contribution in [0.4, 0.5) is 15.8 Å². The molecule has 0 heterocycles. The van der Waals surface area contributed by atoms with Gasteiger partial charge in [-0.15, -0.1) is 0 Å². The predicted molar refractivity (Wildman–Crippen MR) is 88.4 cm³/mol. The predicted octanol–water partition coefficient (Wildman–Crippen LogP) is 1.35. The number of nitrogens with one attached hydrogen (secondary N) is 2. The Labute approximate surface area is 140 Å². The van der Waals surface area contributed by atoms with Crippen molar-refractivity contribution in [3.05, 3.63) is 28.3 Å². The van der Waals surface area contributed by atoms with Gasteiger partial charge < -0.3 is 10.2 Å². The van der Waals surface area contributed by atoms with Gasteiger partial charge in [-0.05, 0) is 33.0 Å². The Morgan fingerprint density at radius 3 is 2.54 bits per heavy atom. The lowest BCUT2D eigenvalue weighted by atomic mass is 10.2. The normalized spacial score (nSPS) is 16.2. The smallest absolute Gasteiger partial charge is 0.293 e. The van der Waals surface area contributed by atoms with E-state index in [4.69, 9.17) is 0 Å². The van der Waals surface area contributed by atoms with Crippen LogP contribution in [0.1, 0.15) is 12.8 Å². The number of nitro groups is 1. The molecule has 0 spiro atoms. The molecule has 0 radical (unpaired) electrons. The topological polar surface area (TPSA) is 105 Å². The zero-order valence-electron chi connectivity index (χ0n) is 13.6. The highest BCUT2D eigenvalue weighted by Crippen LogP contribution is 2.39. The molecule has 10 heteroatoms. The summed E-state index contributed by atoms with van der Waals surface area (Å²) in [5.41, 5.74) is -1.47. The number of anilines is 1. The Kier molecular flexibility index (Phi) is 5.41. The van der Waals surface area contributed by atoms with Gasteiger partial charge in [0.15, 0.2) is 0 Å². The highest BCUT2D eigenvalue weighted by atomic mass is 32.2. The summed E-state index contributed by atoms with van der Waals surface area (Å²) in [7, 11) is -0.412. The number of para-hydroxylation sites is 1. The van der Waals surface area contributed by atoms with Crippen LogP contribution in [0, 0.1) is 10.1 Å². The van der Waals surface area contributed by atoms with E-state index in [1.54, 1.807) is 0 Å². The summed E-state index contributed by atoms with van der Waals surface area (Å²) in [5, 5.41) is 14.1. The van der Waals surface area contributed by atoms with E-state index in [9.17, 15) is 22.9 Å². The van der Waals surface area contributed by atoms with E-state index in [1.807, 2.05) is 19.0 Å². The molecule has 1 fully saturated rings. The Morgan fingerprint density at radius 1 is 1.38 bits per heavy atom. The quantitative estimate of drug-likeness (QED) is 0.509. The van der Waals surface area contributed by atoms with E-state index in [0.29, 0.717) is 25.9 Å². The first-order valence-electron chi connectivity index (χ1n) is 7.47. The van der Waals surface area contributed by atoms with Gasteiger partial charge in [-0.1, -0.05) is 6.07 Å². The molecule has 0 atom stereocenters. The lowest BCUT2D eigenvalue weighted by Gasteiger charge is -2.18. The van der Waals surface area contributed by atoms with E-state index >= 15 is 0 Å². The maximum atomic E-state index is 13.0. The summed E-state index contributed by atoms with van der Waals surface area (Å²) in [6.45, 7) is 0.0898. The van der Waals surface area contributed by atoms with E-state index in [2.05, 4.69) is 10.0 Å². The molecule has 1 aliphatic carbocycles. The van der Waals surface area contributed by atoms with Crippen molar-refractivity contribution in [2.75, 3.05) is 39.2 Å². The first-order chi connectivity index (χ1) is 11.2. The zero-order chi connectivity index (χ0) is 18.0. The molecular formula is C14H21FN4O4S. The number of nitrogens with zero attached hydrogens (tertiary/aromatic N) is 2. The van der Waals surface area contributed by atoms with Crippen molar-refractivity contribution >= 4 is 21.4 Å². The Bertz CT molecular complexity index is 719. The molecule has 24 heavy (non-hydrogen) atoms. The van der Waals surface area contributed by atoms with Crippen molar-refractivity contribution in [2.24, 2.45) is 0 Å². The first kappa shape index (κ1) is 18.6. The molecule has 134 valence electrons. The van der Waals surface area contributed by atoms with Gasteiger partial charge in [-0.3, -0.25) is 10.1 Å². The van der Waals surface area contributed by atoms with E-state index in [1.165, 1.54) is 18.2 Å². The van der Waals surface area contributed by atoms with Gasteiger partial charge >= 0.3 is 0 Å². The van der Waals surface area contributed by atoms with Crippen LogP contribution in [-0.2, 0) is 10.0 Å². The SMILES string of the molecule is CN(C)CCNc1c([N+](=O)[O-])cccc1S(=O)(=O)NC1(CF)CC1. The van der Waals surface area contributed by atoms with Crippen LogP contribution in [0.25, 0.3) is 0 Å². The maximum absolute atomic E-state index is 13.0. The van der Waals surface area contributed by atoms with Gasteiger partial charge in [-0.25, -0.2) is 17.5 Å². The average Bonchev–Trinajstić information content (AvgIpc) is 3.26. The molecular weight excluding hydrogens is 339 g/mol. The molecule has 1 aromatic carbocycles. The minimum Gasteiger partial charge on any atom is -0.377 e. The fraction of sp³-hybridized carbons (Fsp3) is 0.571. The van der Waals surface area contributed by atoms with Gasteiger partial charge in [0.05, 0.1) is 10.5 Å². The standard InChI is InChI=1S/C14H21FN4O4S/c1-18(2)9-8-16-13-11(19(20)21)4-3-5-12(13)24(22,23)17-14(10-15)6-7-14/h3-5,16-17H,6-10H2,1-2H3. The monoisotopic (exact) mass is 360 g/mol. The summed E-state index contributed by atoms with van der Waals surface area (Å²) in [4.78, 5) is 12.2. The fourth-order valence-electron chi connectivity index (χ4n) is 2.23. The average molecular weight is 360 g/mol. The summed E-state index contributed by atoms with van der Waals surface area (Å²) >= 11 is 0. The maximum Gasteiger partial charge on any atom is 0.293 e. The van der Waals surface area contributed by atoms with Gasteiger partial charge in [0.25, 0.3) is 5.69 Å². The minimum absolute atomic E-state index is 0.0773. The third-order valence-corrected chi connectivity index (χ3v) is 5.43. The van der Waals surface area contributed by atoms with Crippen molar-refractivity contribution in [2.45, 2.75) is 23.3 Å². The highest BCUT2D eigenvalue weighted by molar-refractivity contribution is 7.89. The molecule has 0 saturated heterocycles. The van der Waals surface area contributed by atoms with E-state index < -0.39 is 27.2 Å². The lowest BCUT2D eigenvalue weighted by Crippen LogP contribution is -2.38. The van der Waals surface area contributed by atoms with Crippen molar-refractivity contribution in [1.82, 2.24) is 9.62 Å². The van der Waals surface area contributed by atoms with Crippen molar-refractivity contribution in [3.63, 3.8) is 0 Å². The van der Waals surface area contributed by atoms with E-state index in [-0.39, 0.29) is 16.3 Å². The van der Waals surface area contributed by atoms with Crippen LogP contribution in [0.3, 0.4) is 0 Å². The molecule has 0 amide bonds. The molecule has 8 nitrogen and oxygen atoms in total.